The number of phenols is 1. The van der Waals surface area contributed by atoms with Crippen molar-refractivity contribution in [2.24, 2.45) is 7.05 Å². The quantitative estimate of drug-likeness (QED) is 0.330. The second-order valence-corrected chi connectivity index (χ2v) is 8.97. The van der Waals surface area contributed by atoms with Crippen LogP contribution in [0.15, 0.2) is 63.9 Å². The van der Waals surface area contributed by atoms with E-state index in [1.54, 1.807) is 23.7 Å². The number of nitrogens with one attached hydrogen (secondary N) is 1. The van der Waals surface area contributed by atoms with Crippen LogP contribution in [-0.2, 0) is 13.6 Å². The topological polar surface area (TPSA) is 115 Å². The van der Waals surface area contributed by atoms with Crippen LogP contribution in [0.2, 0.25) is 0 Å². The Hall–Kier alpha value is -4.99. The second-order valence-electron chi connectivity index (χ2n) is 8.97. The fourth-order valence-corrected chi connectivity index (χ4v) is 4.80. The number of nitrogens with zero attached hydrogens (tertiary/aromatic N) is 4. The maximum atomic E-state index is 14.9. The van der Waals surface area contributed by atoms with E-state index in [0.29, 0.717) is 17.5 Å². The van der Waals surface area contributed by atoms with Crippen LogP contribution in [0.4, 0.5) is 10.2 Å². The first-order valence-corrected chi connectivity index (χ1v) is 11.8. The van der Waals surface area contributed by atoms with Gasteiger partial charge in [-0.25, -0.2) is 9.18 Å². The summed E-state index contributed by atoms with van der Waals surface area (Å²) in [5.41, 5.74) is 2.02. The molecule has 3 aromatic carbocycles. The number of halogens is 1. The summed E-state index contributed by atoms with van der Waals surface area (Å²) < 4.78 is 27.7. The van der Waals surface area contributed by atoms with Gasteiger partial charge in [0.25, 0.3) is 0 Å². The molecule has 0 aliphatic carbocycles. The molecule has 2 N–H and O–H groups in total. The molecule has 9 nitrogen and oxygen atoms in total. The lowest BCUT2D eigenvalue weighted by atomic mass is 9.98. The first-order chi connectivity index (χ1) is 18.3. The summed E-state index contributed by atoms with van der Waals surface area (Å²) in [4.78, 5) is 22.2. The zero-order valence-corrected chi connectivity index (χ0v) is 20.7. The van der Waals surface area contributed by atoms with Crippen LogP contribution < -0.4 is 15.7 Å². The van der Waals surface area contributed by atoms with Gasteiger partial charge in [-0.15, -0.1) is 0 Å². The molecule has 0 unspecified atom stereocenters. The molecular weight excluding hydrogens is 489 g/mol. The molecule has 10 heteroatoms. The maximum absolute atomic E-state index is 14.9. The third-order valence-electron chi connectivity index (χ3n) is 6.50. The Bertz CT molecular complexity index is 1950. The van der Waals surface area contributed by atoms with E-state index in [4.69, 9.17) is 9.15 Å². The zero-order valence-electron chi connectivity index (χ0n) is 20.7. The lowest BCUT2D eigenvalue weighted by Gasteiger charge is -2.14. The lowest BCUT2D eigenvalue weighted by Crippen LogP contribution is -2.12. The number of rotatable bonds is 5. The van der Waals surface area contributed by atoms with Crippen LogP contribution >= 0.6 is 0 Å². The normalized spacial score (nSPS) is 11.5. The van der Waals surface area contributed by atoms with Gasteiger partial charge < -0.3 is 19.6 Å². The van der Waals surface area contributed by atoms with Crippen molar-refractivity contribution in [1.29, 1.82) is 0 Å². The zero-order chi connectivity index (χ0) is 26.6. The molecule has 0 saturated carbocycles. The third-order valence-corrected chi connectivity index (χ3v) is 6.50. The predicted molar refractivity (Wildman–Crippen MR) is 142 cm³/mol. The van der Waals surface area contributed by atoms with Crippen molar-refractivity contribution >= 4 is 38.4 Å². The minimum absolute atomic E-state index is 0.0441. The summed E-state index contributed by atoms with van der Waals surface area (Å²) >= 11 is 0. The molecule has 6 aromatic rings. The van der Waals surface area contributed by atoms with Gasteiger partial charge in [-0.05, 0) is 36.1 Å². The molecule has 190 valence electrons. The Kier molecular flexibility index (Phi) is 5.45. The number of phenolic OH excluding ortho intramolecular Hbond substituents is 1. The number of hydrogen-bond acceptors (Lipinski definition) is 8. The molecule has 0 atom stereocenters. The molecule has 38 heavy (non-hydrogen) atoms. The van der Waals surface area contributed by atoms with Crippen LogP contribution in [-0.4, -0.2) is 32.0 Å². The fraction of sp³-hybridized carbons (Fsp3) is 0.143. The Morgan fingerprint density at radius 1 is 1.08 bits per heavy atom. The summed E-state index contributed by atoms with van der Waals surface area (Å²) in [7, 11) is 3.28. The molecule has 3 aromatic heterocycles. The van der Waals surface area contributed by atoms with Gasteiger partial charge in [-0.3, -0.25) is 4.68 Å². The van der Waals surface area contributed by atoms with Crippen molar-refractivity contribution in [2.75, 3.05) is 12.4 Å². The predicted octanol–water partition coefficient (Wildman–Crippen LogP) is 5.06. The number of aryl methyl sites for hydroxylation is 2. The average molecular weight is 512 g/mol. The third kappa shape index (κ3) is 3.78. The average Bonchev–Trinajstić information content (AvgIpc) is 3.29. The Balaban J connectivity index is 1.53. The minimum Gasteiger partial charge on any atom is -0.508 e. The van der Waals surface area contributed by atoms with Crippen LogP contribution in [0.5, 0.6) is 11.8 Å². The van der Waals surface area contributed by atoms with Gasteiger partial charge in [0.05, 0.1) is 18.1 Å². The summed E-state index contributed by atoms with van der Waals surface area (Å²) in [6, 6.07) is 13.2. The largest absolute Gasteiger partial charge is 0.508 e. The first-order valence-electron chi connectivity index (χ1n) is 11.8. The molecule has 3 heterocycles. The highest BCUT2D eigenvalue weighted by Gasteiger charge is 2.22. The van der Waals surface area contributed by atoms with Gasteiger partial charge in [0.2, 0.25) is 0 Å². The number of methoxy groups -OCH3 is 1. The van der Waals surface area contributed by atoms with Gasteiger partial charge in [0.1, 0.15) is 28.5 Å². The van der Waals surface area contributed by atoms with Gasteiger partial charge >= 0.3 is 11.6 Å². The molecule has 0 aliphatic rings. The summed E-state index contributed by atoms with van der Waals surface area (Å²) in [6.07, 6.45) is 1.93. The highest BCUT2D eigenvalue weighted by molar-refractivity contribution is 6.00. The summed E-state index contributed by atoms with van der Waals surface area (Å²) in [6.45, 7) is 2.04. The van der Waals surface area contributed by atoms with Crippen molar-refractivity contribution in [3.8, 4) is 23.1 Å². The van der Waals surface area contributed by atoms with Crippen molar-refractivity contribution in [1.82, 2.24) is 19.7 Å². The van der Waals surface area contributed by atoms with Crippen LogP contribution in [0, 0.1) is 12.7 Å². The van der Waals surface area contributed by atoms with Crippen LogP contribution in [0.3, 0.4) is 0 Å². The molecule has 0 bridgehead atoms. The minimum atomic E-state index is -0.713. The van der Waals surface area contributed by atoms with Crippen molar-refractivity contribution in [3.05, 3.63) is 82.1 Å². The van der Waals surface area contributed by atoms with Gasteiger partial charge in [0.15, 0.2) is 0 Å². The molecular formula is C28H22FN5O4. The van der Waals surface area contributed by atoms with Crippen LogP contribution in [0.1, 0.15) is 11.1 Å². The van der Waals surface area contributed by atoms with E-state index < -0.39 is 11.4 Å². The number of aromatic nitrogens is 4. The van der Waals surface area contributed by atoms with Crippen LogP contribution in [0.25, 0.3) is 43.9 Å². The number of aromatic hydroxyl groups is 1. The lowest BCUT2D eigenvalue weighted by molar-refractivity contribution is 0.382. The SMILES string of the molecule is COc1nc(NCc2cccc3cn(C)nc23)c2c(=O)oc(-c3cc(O)cc4cccc(F)c34)c(C)c2n1. The van der Waals surface area contributed by atoms with Gasteiger partial charge in [-0.1, -0.05) is 30.3 Å². The molecule has 6 rings (SSSR count). The van der Waals surface area contributed by atoms with E-state index in [1.165, 1.54) is 25.3 Å². The van der Waals surface area contributed by atoms with Gasteiger partial charge in [-0.2, -0.15) is 15.1 Å². The first kappa shape index (κ1) is 23.4. The second kappa shape index (κ2) is 8.84. The molecule has 0 aliphatic heterocycles. The van der Waals surface area contributed by atoms with E-state index in [1.807, 2.05) is 31.4 Å². The van der Waals surface area contributed by atoms with Crippen molar-refractivity contribution in [3.63, 3.8) is 0 Å². The van der Waals surface area contributed by atoms with E-state index in [9.17, 15) is 14.3 Å². The van der Waals surface area contributed by atoms with E-state index in [0.717, 1.165) is 16.5 Å². The molecule has 0 saturated heterocycles. The molecule has 0 amide bonds. The van der Waals surface area contributed by atoms with Crippen molar-refractivity contribution in [2.45, 2.75) is 13.5 Å². The van der Waals surface area contributed by atoms with E-state index in [2.05, 4.69) is 20.4 Å². The molecule has 0 fully saturated rings. The highest BCUT2D eigenvalue weighted by atomic mass is 19.1. The highest BCUT2D eigenvalue weighted by Crippen LogP contribution is 2.37. The van der Waals surface area contributed by atoms with E-state index >= 15 is 0 Å². The smallest absolute Gasteiger partial charge is 0.349 e. The maximum Gasteiger partial charge on any atom is 0.349 e. The Morgan fingerprint density at radius 3 is 2.68 bits per heavy atom. The number of hydrogen-bond donors (Lipinski definition) is 2. The summed E-state index contributed by atoms with van der Waals surface area (Å²) in [5, 5.41) is 19.9. The summed E-state index contributed by atoms with van der Waals surface area (Å²) in [5.74, 6) is -0.272. The van der Waals surface area contributed by atoms with E-state index in [-0.39, 0.29) is 45.2 Å². The molecule has 0 spiro atoms. The molecule has 0 radical (unpaired) electrons. The number of ether oxygens (including phenoxy) is 1. The Morgan fingerprint density at radius 2 is 1.87 bits per heavy atom. The Labute approximate surface area is 215 Å². The van der Waals surface area contributed by atoms with Crippen molar-refractivity contribution < 1.29 is 18.7 Å². The van der Waals surface area contributed by atoms with Gasteiger partial charge in [0, 0.05) is 41.7 Å². The fourth-order valence-electron chi connectivity index (χ4n) is 4.80. The number of anilines is 1. The standard InChI is InChI=1S/C28H22FN5O4/c1-14-23-22(27(36)38-25(14)19-11-18(35)10-15-6-5-9-20(29)21(15)19)26(32-28(31-23)37-3)30-12-16-7-4-8-17-13-34(2)33-24(16)17/h4-11,13,35H,12H2,1-3H3,(H,30,31,32). The number of benzene rings is 3. The monoisotopic (exact) mass is 511 g/mol. The number of fused-ring (bicyclic) bond motifs is 3.